The molecule has 0 unspecified atom stereocenters. The van der Waals surface area contributed by atoms with Gasteiger partial charge < -0.3 is 15.0 Å². The smallest absolute Gasteiger partial charge is 0.184 e. The molecule has 144 valence electrons. The SMILES string of the molecule is C[C@]1(O)CCCC[C@H]1Nc1nc2ccc(Cn3cnc4cccnc43)cc2s1. The minimum absolute atomic E-state index is 0.0599. The van der Waals surface area contributed by atoms with Crippen LogP contribution in [0.2, 0.25) is 0 Å². The van der Waals surface area contributed by atoms with E-state index in [-0.39, 0.29) is 6.04 Å². The van der Waals surface area contributed by atoms with E-state index in [2.05, 4.69) is 38.1 Å². The van der Waals surface area contributed by atoms with Crippen LogP contribution in [-0.2, 0) is 6.54 Å². The zero-order valence-corrected chi connectivity index (χ0v) is 16.6. The van der Waals surface area contributed by atoms with Crippen molar-refractivity contribution in [2.75, 3.05) is 5.32 Å². The summed E-state index contributed by atoms with van der Waals surface area (Å²) in [5, 5.41) is 15.0. The summed E-state index contributed by atoms with van der Waals surface area (Å²) in [5.74, 6) is 0. The summed E-state index contributed by atoms with van der Waals surface area (Å²) in [6.45, 7) is 2.65. The Morgan fingerprint density at radius 2 is 2.18 bits per heavy atom. The van der Waals surface area contributed by atoms with Crippen LogP contribution in [0.15, 0.2) is 42.9 Å². The van der Waals surface area contributed by atoms with Crippen molar-refractivity contribution in [3.05, 3.63) is 48.4 Å². The number of anilines is 1. The Morgan fingerprint density at radius 3 is 3.07 bits per heavy atom. The van der Waals surface area contributed by atoms with Crippen molar-refractivity contribution >= 4 is 37.8 Å². The number of imidazole rings is 1. The van der Waals surface area contributed by atoms with Gasteiger partial charge >= 0.3 is 0 Å². The van der Waals surface area contributed by atoms with E-state index in [0.717, 1.165) is 58.7 Å². The zero-order chi connectivity index (χ0) is 19.1. The number of aliphatic hydroxyl groups is 1. The molecular formula is C21H23N5OS. The van der Waals surface area contributed by atoms with Gasteiger partial charge in [0.2, 0.25) is 0 Å². The van der Waals surface area contributed by atoms with Gasteiger partial charge in [-0.15, -0.1) is 0 Å². The van der Waals surface area contributed by atoms with E-state index in [9.17, 15) is 5.11 Å². The number of aromatic nitrogens is 4. The van der Waals surface area contributed by atoms with Crippen LogP contribution >= 0.6 is 11.3 Å². The maximum atomic E-state index is 10.6. The van der Waals surface area contributed by atoms with Gasteiger partial charge in [0.1, 0.15) is 5.52 Å². The number of thiazole rings is 1. The maximum absolute atomic E-state index is 10.6. The van der Waals surface area contributed by atoms with Gasteiger partial charge in [-0.1, -0.05) is 30.2 Å². The highest BCUT2D eigenvalue weighted by molar-refractivity contribution is 7.22. The van der Waals surface area contributed by atoms with E-state index in [4.69, 9.17) is 4.98 Å². The molecule has 1 fully saturated rings. The third kappa shape index (κ3) is 3.25. The van der Waals surface area contributed by atoms with Gasteiger partial charge in [0.25, 0.3) is 0 Å². The van der Waals surface area contributed by atoms with Crippen molar-refractivity contribution in [3.63, 3.8) is 0 Å². The molecule has 0 bridgehead atoms. The maximum Gasteiger partial charge on any atom is 0.184 e. The van der Waals surface area contributed by atoms with E-state index in [1.807, 2.05) is 25.4 Å². The fraction of sp³-hybridized carbons (Fsp3) is 0.381. The van der Waals surface area contributed by atoms with E-state index in [1.165, 1.54) is 5.56 Å². The largest absolute Gasteiger partial charge is 0.388 e. The summed E-state index contributed by atoms with van der Waals surface area (Å²) < 4.78 is 3.21. The Morgan fingerprint density at radius 1 is 1.25 bits per heavy atom. The summed E-state index contributed by atoms with van der Waals surface area (Å²) in [4.78, 5) is 13.6. The molecule has 2 N–H and O–H groups in total. The van der Waals surface area contributed by atoms with E-state index in [0.29, 0.717) is 0 Å². The number of hydrogen-bond acceptors (Lipinski definition) is 6. The van der Waals surface area contributed by atoms with E-state index < -0.39 is 5.60 Å². The Balaban J connectivity index is 1.39. The van der Waals surface area contributed by atoms with Crippen LogP contribution in [0, 0.1) is 0 Å². The molecule has 3 heterocycles. The second-order valence-corrected chi connectivity index (χ2v) is 8.87. The fourth-order valence-corrected chi connectivity index (χ4v) is 5.01. The molecule has 0 spiro atoms. The first-order valence-electron chi connectivity index (χ1n) is 9.73. The number of nitrogens with zero attached hydrogens (tertiary/aromatic N) is 4. The predicted molar refractivity (Wildman–Crippen MR) is 113 cm³/mol. The summed E-state index contributed by atoms with van der Waals surface area (Å²) in [7, 11) is 0. The van der Waals surface area contributed by atoms with Gasteiger partial charge in [0.15, 0.2) is 10.8 Å². The number of nitrogens with one attached hydrogen (secondary N) is 1. The molecule has 0 radical (unpaired) electrons. The monoisotopic (exact) mass is 393 g/mol. The molecule has 0 saturated heterocycles. The van der Waals surface area contributed by atoms with Gasteiger partial charge in [-0.3, -0.25) is 0 Å². The molecule has 1 aliphatic carbocycles. The third-order valence-electron chi connectivity index (χ3n) is 5.65. The van der Waals surface area contributed by atoms with Crippen molar-refractivity contribution in [3.8, 4) is 0 Å². The van der Waals surface area contributed by atoms with Gasteiger partial charge in [-0.25, -0.2) is 15.0 Å². The first-order chi connectivity index (χ1) is 13.6. The van der Waals surface area contributed by atoms with E-state index in [1.54, 1.807) is 17.5 Å². The number of pyridine rings is 1. The minimum Gasteiger partial charge on any atom is -0.388 e. The highest BCUT2D eigenvalue weighted by atomic mass is 32.1. The lowest BCUT2D eigenvalue weighted by Gasteiger charge is -2.37. The van der Waals surface area contributed by atoms with Crippen LogP contribution in [0.4, 0.5) is 5.13 Å². The highest BCUT2D eigenvalue weighted by Crippen LogP contribution is 2.33. The first-order valence-corrected chi connectivity index (χ1v) is 10.5. The van der Waals surface area contributed by atoms with Crippen molar-refractivity contribution in [2.45, 2.75) is 50.8 Å². The summed E-state index contributed by atoms with van der Waals surface area (Å²) in [6, 6.07) is 10.3. The van der Waals surface area contributed by atoms with Crippen LogP contribution in [0.5, 0.6) is 0 Å². The number of benzene rings is 1. The first kappa shape index (κ1) is 17.6. The third-order valence-corrected chi connectivity index (χ3v) is 6.60. The number of fused-ring (bicyclic) bond motifs is 2. The normalized spacial score (nSPS) is 22.7. The Bertz CT molecular complexity index is 1130. The van der Waals surface area contributed by atoms with Crippen LogP contribution < -0.4 is 5.32 Å². The van der Waals surface area contributed by atoms with Crippen molar-refractivity contribution in [2.24, 2.45) is 0 Å². The summed E-state index contributed by atoms with van der Waals surface area (Å²) in [5.41, 5.74) is 3.32. The lowest BCUT2D eigenvalue weighted by atomic mass is 9.82. The second kappa shape index (κ2) is 6.83. The topological polar surface area (TPSA) is 75.9 Å². The van der Waals surface area contributed by atoms with Crippen LogP contribution in [0.25, 0.3) is 21.4 Å². The summed E-state index contributed by atoms with van der Waals surface area (Å²) >= 11 is 1.65. The zero-order valence-electron chi connectivity index (χ0n) is 15.8. The molecule has 2 atom stereocenters. The van der Waals surface area contributed by atoms with E-state index >= 15 is 0 Å². The average Bonchev–Trinajstić information content (AvgIpc) is 3.27. The summed E-state index contributed by atoms with van der Waals surface area (Å²) in [6.07, 6.45) is 7.70. The van der Waals surface area contributed by atoms with Gasteiger partial charge in [-0.05, 0) is 49.6 Å². The number of rotatable bonds is 4. The average molecular weight is 394 g/mol. The predicted octanol–water partition coefficient (Wildman–Crippen LogP) is 4.19. The standard InChI is InChI=1S/C21H23N5OS/c1-21(27)9-3-2-6-18(21)25-20-24-15-8-7-14(11-17(15)28-20)12-26-13-23-16-5-4-10-22-19(16)26/h4-5,7-8,10-11,13,18,27H,2-3,6,9,12H2,1H3,(H,24,25)/t18-,21+/m1/s1. The molecule has 0 aliphatic heterocycles. The molecule has 0 amide bonds. The molecule has 5 rings (SSSR count). The number of hydrogen-bond donors (Lipinski definition) is 2. The van der Waals surface area contributed by atoms with Crippen molar-refractivity contribution in [1.82, 2.24) is 19.5 Å². The quantitative estimate of drug-likeness (QED) is 0.544. The molecule has 1 aromatic carbocycles. The fourth-order valence-electron chi connectivity index (χ4n) is 4.03. The lowest BCUT2D eigenvalue weighted by Crippen LogP contribution is -2.46. The molecule has 3 aromatic heterocycles. The van der Waals surface area contributed by atoms with Gasteiger partial charge in [0, 0.05) is 6.20 Å². The minimum atomic E-state index is -0.670. The molecule has 1 saturated carbocycles. The molecular weight excluding hydrogens is 370 g/mol. The molecule has 1 aliphatic rings. The molecule has 6 nitrogen and oxygen atoms in total. The Kier molecular flexibility index (Phi) is 4.29. The van der Waals surface area contributed by atoms with Crippen LogP contribution in [-0.4, -0.2) is 36.3 Å². The van der Waals surface area contributed by atoms with Crippen molar-refractivity contribution < 1.29 is 5.11 Å². The van der Waals surface area contributed by atoms with Crippen LogP contribution in [0.3, 0.4) is 0 Å². The van der Waals surface area contributed by atoms with Gasteiger partial charge in [-0.2, -0.15) is 0 Å². The Hall–Kier alpha value is -2.51. The lowest BCUT2D eigenvalue weighted by molar-refractivity contribution is 0.0106. The van der Waals surface area contributed by atoms with Crippen LogP contribution in [0.1, 0.15) is 38.2 Å². The molecule has 7 heteroatoms. The highest BCUT2D eigenvalue weighted by Gasteiger charge is 2.34. The molecule has 28 heavy (non-hydrogen) atoms. The molecule has 4 aromatic rings. The second-order valence-electron chi connectivity index (χ2n) is 7.84. The van der Waals surface area contributed by atoms with Gasteiger partial charge in [0.05, 0.1) is 34.7 Å². The Labute approximate surface area is 167 Å². The van der Waals surface area contributed by atoms with Crippen molar-refractivity contribution in [1.29, 1.82) is 0 Å².